The third-order valence-corrected chi connectivity index (χ3v) is 4.10. The Morgan fingerprint density at radius 1 is 1.23 bits per heavy atom. The Morgan fingerprint density at radius 3 is 2.82 bits per heavy atom. The summed E-state index contributed by atoms with van der Waals surface area (Å²) in [5.41, 5.74) is 0.722. The number of hydrogen-bond acceptors (Lipinski definition) is 7. The van der Waals surface area contributed by atoms with E-state index in [2.05, 4.69) is 25.7 Å². The lowest BCUT2D eigenvalue weighted by molar-refractivity contribution is 0.476. The Hall–Kier alpha value is -1.93. The molecule has 0 spiro atoms. The molecule has 0 unspecified atom stereocenters. The summed E-state index contributed by atoms with van der Waals surface area (Å²) in [5, 5.41) is 21.0. The van der Waals surface area contributed by atoms with E-state index < -0.39 is 0 Å². The van der Waals surface area contributed by atoms with Crippen LogP contribution in [0.25, 0.3) is 11.5 Å². The van der Waals surface area contributed by atoms with Gasteiger partial charge in [0, 0.05) is 0 Å². The van der Waals surface area contributed by atoms with E-state index in [9.17, 15) is 0 Å². The van der Waals surface area contributed by atoms with Gasteiger partial charge < -0.3 is 4.42 Å². The summed E-state index contributed by atoms with van der Waals surface area (Å²) in [7, 11) is 0. The second-order valence-electron chi connectivity index (χ2n) is 4.77. The van der Waals surface area contributed by atoms with Gasteiger partial charge in [-0.1, -0.05) is 35.5 Å². The van der Waals surface area contributed by atoms with Gasteiger partial charge in [-0.3, -0.25) is 0 Å². The molecule has 0 aliphatic carbocycles. The first kappa shape index (κ1) is 15.0. The number of benzene rings is 1. The first-order chi connectivity index (χ1) is 10.6. The Bertz CT molecular complexity index is 771. The molecule has 114 valence electrons. The van der Waals surface area contributed by atoms with Crippen molar-refractivity contribution >= 4 is 23.4 Å². The van der Waals surface area contributed by atoms with Gasteiger partial charge in [0.15, 0.2) is 0 Å². The molecule has 1 aromatic carbocycles. The summed E-state index contributed by atoms with van der Waals surface area (Å²) in [6.45, 7) is 4.03. The molecular formula is C13H13ClN6OS. The molecule has 0 aliphatic rings. The van der Waals surface area contributed by atoms with Gasteiger partial charge in [-0.25, -0.2) is 4.68 Å². The Labute approximate surface area is 136 Å². The van der Waals surface area contributed by atoms with E-state index in [1.54, 1.807) is 10.7 Å². The molecule has 2 aromatic heterocycles. The van der Waals surface area contributed by atoms with E-state index in [1.807, 2.05) is 32.0 Å². The highest BCUT2D eigenvalue weighted by Crippen LogP contribution is 2.28. The van der Waals surface area contributed by atoms with E-state index in [1.165, 1.54) is 11.8 Å². The van der Waals surface area contributed by atoms with E-state index in [-0.39, 0.29) is 6.04 Å². The van der Waals surface area contributed by atoms with Crippen molar-refractivity contribution in [3.05, 3.63) is 35.2 Å². The summed E-state index contributed by atoms with van der Waals surface area (Å²) in [4.78, 5) is 0. The van der Waals surface area contributed by atoms with Crippen LogP contribution in [0.15, 0.2) is 33.8 Å². The molecule has 0 N–H and O–H groups in total. The maximum atomic E-state index is 6.12. The summed E-state index contributed by atoms with van der Waals surface area (Å²) in [5.74, 6) is 1.40. The maximum absolute atomic E-state index is 6.12. The van der Waals surface area contributed by atoms with Crippen molar-refractivity contribution in [1.29, 1.82) is 0 Å². The van der Waals surface area contributed by atoms with Crippen LogP contribution >= 0.6 is 23.4 Å². The zero-order valence-corrected chi connectivity index (χ0v) is 13.5. The molecule has 3 aromatic rings. The van der Waals surface area contributed by atoms with Crippen molar-refractivity contribution in [2.75, 3.05) is 0 Å². The number of hydrogen-bond donors (Lipinski definition) is 0. The molecule has 2 heterocycles. The number of rotatable bonds is 5. The summed E-state index contributed by atoms with van der Waals surface area (Å²) < 4.78 is 7.39. The molecule has 0 saturated carbocycles. The Kier molecular flexibility index (Phi) is 4.39. The van der Waals surface area contributed by atoms with Crippen molar-refractivity contribution in [3.63, 3.8) is 0 Å². The van der Waals surface area contributed by atoms with E-state index in [4.69, 9.17) is 16.0 Å². The highest BCUT2D eigenvalue weighted by atomic mass is 35.5. The summed E-state index contributed by atoms with van der Waals surface area (Å²) in [6.07, 6.45) is 0. The SMILES string of the molecule is CC(C)n1nnnc1SCc1nnc(-c2ccccc2Cl)o1. The molecule has 7 nitrogen and oxygen atoms in total. The fourth-order valence-corrected chi connectivity index (χ4v) is 2.85. The monoisotopic (exact) mass is 336 g/mol. The first-order valence-electron chi connectivity index (χ1n) is 6.63. The van der Waals surface area contributed by atoms with Gasteiger partial charge in [-0.15, -0.1) is 15.3 Å². The van der Waals surface area contributed by atoms with Crippen LogP contribution in [0.3, 0.4) is 0 Å². The summed E-state index contributed by atoms with van der Waals surface area (Å²) >= 11 is 7.56. The molecule has 0 atom stereocenters. The zero-order chi connectivity index (χ0) is 15.5. The number of aromatic nitrogens is 6. The van der Waals surface area contributed by atoms with Gasteiger partial charge in [0.05, 0.1) is 22.4 Å². The fourth-order valence-electron chi connectivity index (χ4n) is 1.79. The van der Waals surface area contributed by atoms with Gasteiger partial charge in [0.1, 0.15) is 0 Å². The van der Waals surface area contributed by atoms with Crippen molar-refractivity contribution in [1.82, 2.24) is 30.4 Å². The number of tetrazole rings is 1. The van der Waals surface area contributed by atoms with Gasteiger partial charge in [-0.05, 0) is 36.4 Å². The van der Waals surface area contributed by atoms with Crippen molar-refractivity contribution in [3.8, 4) is 11.5 Å². The van der Waals surface area contributed by atoms with Crippen LogP contribution in [0.4, 0.5) is 0 Å². The third-order valence-electron chi connectivity index (χ3n) is 2.85. The van der Waals surface area contributed by atoms with Crippen LogP contribution in [0, 0.1) is 0 Å². The minimum Gasteiger partial charge on any atom is -0.420 e. The predicted octanol–water partition coefficient (Wildman–Crippen LogP) is 3.25. The van der Waals surface area contributed by atoms with Gasteiger partial charge in [0.2, 0.25) is 16.9 Å². The second-order valence-corrected chi connectivity index (χ2v) is 6.12. The smallest absolute Gasteiger partial charge is 0.249 e. The van der Waals surface area contributed by atoms with Crippen LogP contribution in [0.2, 0.25) is 5.02 Å². The van der Waals surface area contributed by atoms with E-state index >= 15 is 0 Å². The summed E-state index contributed by atoms with van der Waals surface area (Å²) in [6, 6.07) is 7.54. The van der Waals surface area contributed by atoms with Crippen LogP contribution in [0.5, 0.6) is 0 Å². The Morgan fingerprint density at radius 2 is 2.05 bits per heavy atom. The molecule has 0 saturated heterocycles. The predicted molar refractivity (Wildman–Crippen MR) is 82.5 cm³/mol. The molecule has 0 bridgehead atoms. The van der Waals surface area contributed by atoms with Crippen LogP contribution < -0.4 is 0 Å². The number of thioether (sulfide) groups is 1. The quantitative estimate of drug-likeness (QED) is 0.661. The van der Waals surface area contributed by atoms with Crippen LogP contribution in [-0.2, 0) is 5.75 Å². The van der Waals surface area contributed by atoms with Gasteiger partial charge in [0.25, 0.3) is 0 Å². The second kappa shape index (κ2) is 6.45. The molecule has 0 aliphatic heterocycles. The topological polar surface area (TPSA) is 82.5 Å². The molecule has 22 heavy (non-hydrogen) atoms. The zero-order valence-electron chi connectivity index (χ0n) is 12.0. The standard InChI is InChI=1S/C13H13ClN6OS/c1-8(2)20-13(17-18-19-20)22-7-11-15-16-12(21-11)9-5-3-4-6-10(9)14/h3-6,8H,7H2,1-2H3. The van der Waals surface area contributed by atoms with Crippen LogP contribution in [0.1, 0.15) is 25.8 Å². The lowest BCUT2D eigenvalue weighted by Gasteiger charge is -2.05. The lowest BCUT2D eigenvalue weighted by Crippen LogP contribution is -2.04. The van der Waals surface area contributed by atoms with Crippen LogP contribution in [-0.4, -0.2) is 30.4 Å². The molecule has 9 heteroatoms. The van der Waals surface area contributed by atoms with Gasteiger partial charge in [-0.2, -0.15) is 0 Å². The molecule has 0 fully saturated rings. The third kappa shape index (κ3) is 3.12. The largest absolute Gasteiger partial charge is 0.420 e. The molecule has 0 radical (unpaired) electrons. The maximum Gasteiger partial charge on any atom is 0.249 e. The molecule has 0 amide bonds. The minimum absolute atomic E-state index is 0.193. The highest BCUT2D eigenvalue weighted by molar-refractivity contribution is 7.98. The highest BCUT2D eigenvalue weighted by Gasteiger charge is 2.14. The fraction of sp³-hybridized carbons (Fsp3) is 0.308. The average molecular weight is 337 g/mol. The normalized spacial score (nSPS) is 11.3. The van der Waals surface area contributed by atoms with Crippen molar-refractivity contribution in [2.45, 2.75) is 30.8 Å². The lowest BCUT2D eigenvalue weighted by atomic mass is 10.2. The van der Waals surface area contributed by atoms with Crippen molar-refractivity contribution in [2.24, 2.45) is 0 Å². The van der Waals surface area contributed by atoms with E-state index in [0.717, 1.165) is 5.56 Å². The number of nitrogens with zero attached hydrogens (tertiary/aromatic N) is 6. The first-order valence-corrected chi connectivity index (χ1v) is 7.99. The molecular weight excluding hydrogens is 324 g/mol. The van der Waals surface area contributed by atoms with E-state index in [0.29, 0.717) is 27.7 Å². The average Bonchev–Trinajstić information content (AvgIpc) is 3.14. The molecule has 3 rings (SSSR count). The Balaban J connectivity index is 1.73. The van der Waals surface area contributed by atoms with Crippen molar-refractivity contribution < 1.29 is 4.42 Å². The van der Waals surface area contributed by atoms with Gasteiger partial charge >= 0.3 is 0 Å². The minimum atomic E-state index is 0.193. The number of halogens is 1.